The Balaban J connectivity index is 2.08. The molecule has 0 aromatic carbocycles. The van der Waals surface area contributed by atoms with E-state index < -0.39 is 0 Å². The topological polar surface area (TPSA) is 46.8 Å². The molecule has 0 bridgehead atoms. The van der Waals surface area contributed by atoms with Crippen molar-refractivity contribution in [3.8, 4) is 0 Å². The van der Waals surface area contributed by atoms with Crippen molar-refractivity contribution in [3.63, 3.8) is 0 Å². The van der Waals surface area contributed by atoms with Gasteiger partial charge in [-0.2, -0.15) is 10.1 Å². The summed E-state index contributed by atoms with van der Waals surface area (Å²) in [5, 5.41) is 5.67. The van der Waals surface area contributed by atoms with Crippen LogP contribution in [0.1, 0.15) is 26.2 Å². The average Bonchev–Trinajstić information content (AvgIpc) is 2.99. The molecule has 18 heavy (non-hydrogen) atoms. The van der Waals surface area contributed by atoms with Crippen LogP contribution in [0.15, 0.2) is 6.20 Å². The zero-order chi connectivity index (χ0) is 12.5. The van der Waals surface area contributed by atoms with Crippen LogP contribution in [0.2, 0.25) is 5.15 Å². The van der Waals surface area contributed by atoms with E-state index in [-0.39, 0.29) is 0 Å². The van der Waals surface area contributed by atoms with E-state index in [4.69, 9.17) is 11.6 Å². The van der Waals surface area contributed by atoms with Crippen LogP contribution < -0.4 is 4.90 Å². The third kappa shape index (κ3) is 1.92. The molecule has 0 spiro atoms. The van der Waals surface area contributed by atoms with Gasteiger partial charge in [0.05, 0.1) is 11.6 Å². The number of hydrogen-bond donors (Lipinski definition) is 0. The molecule has 96 valence electrons. The zero-order valence-electron chi connectivity index (χ0n) is 10.4. The molecule has 3 heterocycles. The minimum Gasteiger partial charge on any atom is -0.341 e. The molecular formula is C12H16ClN5. The minimum absolute atomic E-state index is 0.504. The van der Waals surface area contributed by atoms with Crippen molar-refractivity contribution in [2.45, 2.75) is 32.7 Å². The van der Waals surface area contributed by atoms with E-state index in [2.05, 4.69) is 26.9 Å². The molecule has 2 aromatic heterocycles. The second kappa shape index (κ2) is 4.72. The van der Waals surface area contributed by atoms with Gasteiger partial charge in [0.15, 0.2) is 5.65 Å². The maximum Gasteiger partial charge on any atom is 0.228 e. The van der Waals surface area contributed by atoms with E-state index in [0.717, 1.165) is 43.0 Å². The molecule has 1 fully saturated rings. The van der Waals surface area contributed by atoms with Crippen molar-refractivity contribution in [1.82, 2.24) is 19.7 Å². The molecule has 0 N–H and O–H groups in total. The molecule has 0 saturated carbocycles. The Morgan fingerprint density at radius 1 is 1.28 bits per heavy atom. The minimum atomic E-state index is 0.504. The third-order valence-electron chi connectivity index (χ3n) is 3.26. The fourth-order valence-corrected chi connectivity index (χ4v) is 2.55. The first kappa shape index (κ1) is 11.7. The molecule has 1 aliphatic heterocycles. The standard InChI is InChI=1S/C12H16ClN5/c1-2-5-18-11-9(8-14-18)10(13)15-12(16-11)17-6-3-4-7-17/h8H,2-7H2,1H3. The SMILES string of the molecule is CCCn1ncc2c(Cl)nc(N3CCCC3)nc21. The van der Waals surface area contributed by atoms with Crippen LogP contribution in [0, 0.1) is 0 Å². The second-order valence-corrected chi connectivity index (χ2v) is 4.97. The molecule has 0 aliphatic carbocycles. The number of halogens is 1. The van der Waals surface area contributed by atoms with Gasteiger partial charge in [-0.05, 0) is 19.3 Å². The van der Waals surface area contributed by atoms with Crippen molar-refractivity contribution in [2.75, 3.05) is 18.0 Å². The predicted molar refractivity (Wildman–Crippen MR) is 72.1 cm³/mol. The first-order valence-corrected chi connectivity index (χ1v) is 6.81. The molecule has 0 atom stereocenters. The van der Waals surface area contributed by atoms with Crippen LogP contribution in [0.25, 0.3) is 11.0 Å². The first-order valence-electron chi connectivity index (χ1n) is 6.43. The highest BCUT2D eigenvalue weighted by atomic mass is 35.5. The molecule has 3 rings (SSSR count). The van der Waals surface area contributed by atoms with Gasteiger partial charge >= 0.3 is 0 Å². The molecular weight excluding hydrogens is 250 g/mol. The van der Waals surface area contributed by atoms with Crippen LogP contribution in [0.3, 0.4) is 0 Å². The maximum atomic E-state index is 6.22. The lowest BCUT2D eigenvalue weighted by Gasteiger charge is -2.15. The number of rotatable bonds is 3. The normalized spacial score (nSPS) is 15.8. The van der Waals surface area contributed by atoms with Crippen molar-refractivity contribution < 1.29 is 0 Å². The van der Waals surface area contributed by atoms with Gasteiger partial charge in [0.1, 0.15) is 5.15 Å². The van der Waals surface area contributed by atoms with E-state index in [0.29, 0.717) is 5.15 Å². The molecule has 1 saturated heterocycles. The van der Waals surface area contributed by atoms with Crippen LogP contribution in [-0.2, 0) is 6.54 Å². The van der Waals surface area contributed by atoms with E-state index in [1.165, 1.54) is 12.8 Å². The zero-order valence-corrected chi connectivity index (χ0v) is 11.2. The van der Waals surface area contributed by atoms with E-state index in [1.807, 2.05) is 4.68 Å². The fourth-order valence-electron chi connectivity index (χ4n) is 2.34. The van der Waals surface area contributed by atoms with Gasteiger partial charge in [-0.1, -0.05) is 18.5 Å². The lowest BCUT2D eigenvalue weighted by atomic mass is 10.4. The van der Waals surface area contributed by atoms with Crippen LogP contribution in [0.5, 0.6) is 0 Å². The Labute approximate surface area is 111 Å². The highest BCUT2D eigenvalue weighted by molar-refractivity contribution is 6.34. The van der Waals surface area contributed by atoms with Gasteiger partial charge in [-0.25, -0.2) is 9.67 Å². The number of fused-ring (bicyclic) bond motifs is 1. The monoisotopic (exact) mass is 265 g/mol. The molecule has 6 heteroatoms. The summed E-state index contributed by atoms with van der Waals surface area (Å²) in [6.07, 6.45) is 5.18. The predicted octanol–water partition coefficient (Wildman–Crippen LogP) is 2.49. The summed E-state index contributed by atoms with van der Waals surface area (Å²) in [5.41, 5.74) is 0.846. The number of aromatic nitrogens is 4. The number of hydrogen-bond acceptors (Lipinski definition) is 4. The highest BCUT2D eigenvalue weighted by Gasteiger charge is 2.18. The summed E-state index contributed by atoms with van der Waals surface area (Å²) in [6, 6.07) is 0. The summed E-state index contributed by atoms with van der Waals surface area (Å²) >= 11 is 6.22. The van der Waals surface area contributed by atoms with E-state index in [1.54, 1.807) is 6.20 Å². The molecule has 0 amide bonds. The van der Waals surface area contributed by atoms with Crippen molar-refractivity contribution in [3.05, 3.63) is 11.3 Å². The van der Waals surface area contributed by atoms with Gasteiger partial charge in [0.25, 0.3) is 0 Å². The molecule has 0 radical (unpaired) electrons. The Morgan fingerprint density at radius 2 is 2.06 bits per heavy atom. The second-order valence-electron chi connectivity index (χ2n) is 4.61. The van der Waals surface area contributed by atoms with Crippen molar-refractivity contribution >= 4 is 28.6 Å². The molecule has 0 unspecified atom stereocenters. The van der Waals surface area contributed by atoms with Crippen LogP contribution in [0.4, 0.5) is 5.95 Å². The number of aryl methyl sites for hydroxylation is 1. The van der Waals surface area contributed by atoms with Gasteiger partial charge in [0, 0.05) is 19.6 Å². The van der Waals surface area contributed by atoms with Gasteiger partial charge in [0.2, 0.25) is 5.95 Å². The lowest BCUT2D eigenvalue weighted by Crippen LogP contribution is -2.20. The summed E-state index contributed by atoms with van der Waals surface area (Å²) in [5.74, 6) is 0.739. The molecule has 1 aliphatic rings. The van der Waals surface area contributed by atoms with Crippen LogP contribution in [-0.4, -0.2) is 32.8 Å². The summed E-state index contributed by atoms with van der Waals surface area (Å²) in [4.78, 5) is 11.2. The smallest absolute Gasteiger partial charge is 0.228 e. The van der Waals surface area contributed by atoms with Gasteiger partial charge in [-0.15, -0.1) is 0 Å². The molecule has 2 aromatic rings. The fraction of sp³-hybridized carbons (Fsp3) is 0.583. The lowest BCUT2D eigenvalue weighted by molar-refractivity contribution is 0.616. The highest BCUT2D eigenvalue weighted by Crippen LogP contribution is 2.25. The quantitative estimate of drug-likeness (QED) is 0.800. The summed E-state index contributed by atoms with van der Waals surface area (Å²) < 4.78 is 1.91. The molecule has 5 nitrogen and oxygen atoms in total. The Kier molecular flexibility index (Phi) is 3.07. The first-order chi connectivity index (χ1) is 8.79. The van der Waals surface area contributed by atoms with Crippen LogP contribution >= 0.6 is 11.6 Å². The maximum absolute atomic E-state index is 6.22. The van der Waals surface area contributed by atoms with Crippen molar-refractivity contribution in [2.24, 2.45) is 0 Å². The van der Waals surface area contributed by atoms with Gasteiger partial charge in [-0.3, -0.25) is 0 Å². The average molecular weight is 266 g/mol. The largest absolute Gasteiger partial charge is 0.341 e. The Bertz CT molecular complexity index is 559. The van der Waals surface area contributed by atoms with E-state index in [9.17, 15) is 0 Å². The number of nitrogens with zero attached hydrogens (tertiary/aromatic N) is 5. The Morgan fingerprint density at radius 3 is 2.78 bits per heavy atom. The van der Waals surface area contributed by atoms with Gasteiger partial charge < -0.3 is 4.90 Å². The summed E-state index contributed by atoms with van der Waals surface area (Å²) in [7, 11) is 0. The number of anilines is 1. The van der Waals surface area contributed by atoms with E-state index >= 15 is 0 Å². The third-order valence-corrected chi connectivity index (χ3v) is 3.55. The van der Waals surface area contributed by atoms with Crippen molar-refractivity contribution in [1.29, 1.82) is 0 Å². The summed E-state index contributed by atoms with van der Waals surface area (Å²) in [6.45, 7) is 5.02. The Hall–Kier alpha value is -1.36.